The highest BCUT2D eigenvalue weighted by Crippen LogP contribution is 2.32. The fraction of sp³-hybridized carbons (Fsp3) is 0.174. The summed E-state index contributed by atoms with van der Waals surface area (Å²) in [6.45, 7) is 1.83. The first-order valence-corrected chi connectivity index (χ1v) is 10.9. The molecule has 0 bridgehead atoms. The lowest BCUT2D eigenvalue weighted by Crippen LogP contribution is -2.40. The zero-order chi connectivity index (χ0) is 23.3. The van der Waals surface area contributed by atoms with E-state index >= 15 is 0 Å². The van der Waals surface area contributed by atoms with Gasteiger partial charge in [-0.15, -0.1) is 11.3 Å². The van der Waals surface area contributed by atoms with Gasteiger partial charge in [0.15, 0.2) is 16.6 Å². The van der Waals surface area contributed by atoms with Crippen molar-refractivity contribution in [2.24, 2.45) is 0 Å². The van der Waals surface area contributed by atoms with E-state index in [-0.39, 0.29) is 16.9 Å². The van der Waals surface area contributed by atoms with Crippen molar-refractivity contribution in [2.45, 2.75) is 6.92 Å². The Kier molecular flexibility index (Phi) is 7.45. The van der Waals surface area contributed by atoms with Crippen LogP contribution in [0.2, 0.25) is 0 Å². The molecule has 32 heavy (non-hydrogen) atoms. The molecule has 166 valence electrons. The number of hydrogen-bond donors (Lipinski definition) is 2. The maximum atomic E-state index is 12.8. The van der Waals surface area contributed by atoms with Crippen molar-refractivity contribution in [3.8, 4) is 11.5 Å². The standard InChI is InChI=1S/C23H23N3O4S2/c1-14-11-15(12-18(29-3)20(14)30-4)21(27)25-23(31)26(2)17-8-5-7-16(13-17)24-22(28)19-9-6-10-32-19/h5-13H,1-4H3,(H,24,28)(H,25,27,31). The molecular weight excluding hydrogens is 446 g/mol. The molecule has 1 aromatic heterocycles. The number of nitrogens with zero attached hydrogens (tertiary/aromatic N) is 1. The summed E-state index contributed by atoms with van der Waals surface area (Å²) in [5.74, 6) is 0.490. The van der Waals surface area contributed by atoms with E-state index in [0.717, 1.165) is 5.56 Å². The molecule has 2 N–H and O–H groups in total. The zero-order valence-corrected chi connectivity index (χ0v) is 19.7. The number of aryl methyl sites for hydroxylation is 1. The number of amides is 2. The highest BCUT2D eigenvalue weighted by Gasteiger charge is 2.17. The topological polar surface area (TPSA) is 79.9 Å². The number of thiophene rings is 1. The van der Waals surface area contributed by atoms with Crippen molar-refractivity contribution < 1.29 is 19.1 Å². The quantitative estimate of drug-likeness (QED) is 0.519. The molecule has 0 unspecified atom stereocenters. The lowest BCUT2D eigenvalue weighted by atomic mass is 10.1. The largest absolute Gasteiger partial charge is 0.493 e. The SMILES string of the molecule is COc1cc(C(=O)NC(=S)N(C)c2cccc(NC(=O)c3cccs3)c2)cc(C)c1OC. The molecule has 0 aliphatic carbocycles. The van der Waals surface area contributed by atoms with Crippen LogP contribution in [0, 0.1) is 6.92 Å². The Bertz CT molecular complexity index is 1150. The third-order valence-electron chi connectivity index (χ3n) is 4.69. The zero-order valence-electron chi connectivity index (χ0n) is 18.1. The highest BCUT2D eigenvalue weighted by molar-refractivity contribution is 7.80. The van der Waals surface area contributed by atoms with Crippen molar-refractivity contribution in [1.29, 1.82) is 0 Å². The van der Waals surface area contributed by atoms with Crippen LogP contribution in [-0.2, 0) is 0 Å². The van der Waals surface area contributed by atoms with Gasteiger partial charge < -0.3 is 19.7 Å². The van der Waals surface area contributed by atoms with Gasteiger partial charge in [-0.2, -0.15) is 0 Å². The molecule has 0 spiro atoms. The van der Waals surface area contributed by atoms with Gasteiger partial charge in [0.2, 0.25) is 0 Å². The molecular formula is C23H23N3O4S2. The molecule has 1 heterocycles. The van der Waals surface area contributed by atoms with Crippen molar-refractivity contribution in [3.05, 3.63) is 69.9 Å². The number of nitrogens with one attached hydrogen (secondary N) is 2. The van der Waals surface area contributed by atoms with Crippen LogP contribution in [0.4, 0.5) is 11.4 Å². The van der Waals surface area contributed by atoms with Crippen molar-refractivity contribution >= 4 is 51.9 Å². The molecule has 2 amide bonds. The summed E-state index contributed by atoms with van der Waals surface area (Å²) in [4.78, 5) is 27.4. The van der Waals surface area contributed by atoms with Crippen LogP contribution < -0.4 is 25.0 Å². The van der Waals surface area contributed by atoms with Crippen LogP contribution in [0.15, 0.2) is 53.9 Å². The first-order valence-electron chi connectivity index (χ1n) is 9.60. The number of ether oxygens (including phenoxy) is 2. The van der Waals surface area contributed by atoms with Gasteiger partial charge in [-0.1, -0.05) is 12.1 Å². The predicted octanol–water partition coefficient (Wildman–Crippen LogP) is 4.48. The molecule has 0 atom stereocenters. The van der Waals surface area contributed by atoms with Gasteiger partial charge in [0.25, 0.3) is 11.8 Å². The number of carbonyl (C=O) groups is 2. The van der Waals surface area contributed by atoms with Gasteiger partial charge in [-0.3, -0.25) is 14.9 Å². The van der Waals surface area contributed by atoms with Crippen molar-refractivity contribution in [2.75, 3.05) is 31.5 Å². The fourth-order valence-electron chi connectivity index (χ4n) is 3.05. The molecule has 0 radical (unpaired) electrons. The third kappa shape index (κ3) is 5.24. The van der Waals surface area contributed by atoms with Gasteiger partial charge in [0.1, 0.15) is 0 Å². The maximum Gasteiger partial charge on any atom is 0.265 e. The maximum absolute atomic E-state index is 12.8. The minimum absolute atomic E-state index is 0.181. The van der Waals surface area contributed by atoms with Crippen LogP contribution in [0.25, 0.3) is 0 Å². The summed E-state index contributed by atoms with van der Waals surface area (Å²) >= 11 is 6.79. The lowest BCUT2D eigenvalue weighted by Gasteiger charge is -2.21. The van der Waals surface area contributed by atoms with Crippen LogP contribution >= 0.6 is 23.6 Å². The fourth-order valence-corrected chi connectivity index (χ4v) is 3.87. The predicted molar refractivity (Wildman–Crippen MR) is 131 cm³/mol. The Balaban J connectivity index is 1.71. The number of benzene rings is 2. The van der Waals surface area contributed by atoms with Gasteiger partial charge in [-0.25, -0.2) is 0 Å². The third-order valence-corrected chi connectivity index (χ3v) is 5.93. The lowest BCUT2D eigenvalue weighted by molar-refractivity contribution is 0.0975. The van der Waals surface area contributed by atoms with E-state index in [4.69, 9.17) is 21.7 Å². The molecule has 9 heteroatoms. The minimum atomic E-state index is -0.368. The Morgan fingerprint density at radius 3 is 2.47 bits per heavy atom. The van der Waals surface area contributed by atoms with Crippen LogP contribution in [-0.4, -0.2) is 38.2 Å². The summed E-state index contributed by atoms with van der Waals surface area (Å²) in [7, 11) is 4.80. The number of thiocarbonyl (C=S) groups is 1. The number of methoxy groups -OCH3 is 2. The average Bonchev–Trinajstić information content (AvgIpc) is 3.33. The molecule has 0 aliphatic heterocycles. The highest BCUT2D eigenvalue weighted by atomic mass is 32.1. The average molecular weight is 470 g/mol. The number of carbonyl (C=O) groups excluding carboxylic acids is 2. The van der Waals surface area contributed by atoms with E-state index in [0.29, 0.717) is 33.3 Å². The Hall–Kier alpha value is -3.43. The second-order valence-electron chi connectivity index (χ2n) is 6.83. The van der Waals surface area contributed by atoms with E-state index < -0.39 is 0 Å². The second-order valence-corrected chi connectivity index (χ2v) is 8.16. The van der Waals surface area contributed by atoms with Crippen molar-refractivity contribution in [3.63, 3.8) is 0 Å². The minimum Gasteiger partial charge on any atom is -0.493 e. The van der Waals surface area contributed by atoms with E-state index in [1.807, 2.05) is 24.4 Å². The van der Waals surface area contributed by atoms with Crippen LogP contribution in [0.3, 0.4) is 0 Å². The van der Waals surface area contributed by atoms with E-state index in [2.05, 4.69) is 10.6 Å². The molecule has 3 rings (SSSR count). The summed E-state index contributed by atoms with van der Waals surface area (Å²) in [5, 5.41) is 7.65. The van der Waals surface area contributed by atoms with Gasteiger partial charge >= 0.3 is 0 Å². The molecule has 0 fully saturated rings. The normalized spacial score (nSPS) is 10.2. The first kappa shape index (κ1) is 23.2. The van der Waals surface area contributed by atoms with Crippen LogP contribution in [0.1, 0.15) is 25.6 Å². The summed E-state index contributed by atoms with van der Waals surface area (Å²) < 4.78 is 10.6. The summed E-state index contributed by atoms with van der Waals surface area (Å²) in [5.41, 5.74) is 2.50. The Morgan fingerprint density at radius 2 is 1.81 bits per heavy atom. The summed E-state index contributed by atoms with van der Waals surface area (Å²) in [6, 6.07) is 14.1. The van der Waals surface area contributed by atoms with E-state index in [1.165, 1.54) is 18.4 Å². The smallest absolute Gasteiger partial charge is 0.265 e. The molecule has 3 aromatic rings. The van der Waals surface area contributed by atoms with E-state index in [1.54, 1.807) is 55.5 Å². The Morgan fingerprint density at radius 1 is 1.03 bits per heavy atom. The molecule has 2 aromatic carbocycles. The summed E-state index contributed by atoms with van der Waals surface area (Å²) in [6.07, 6.45) is 0. The number of anilines is 2. The van der Waals surface area contributed by atoms with Gasteiger partial charge in [-0.05, 0) is 66.5 Å². The van der Waals surface area contributed by atoms with Crippen molar-refractivity contribution in [1.82, 2.24) is 5.32 Å². The number of rotatable bonds is 6. The first-order chi connectivity index (χ1) is 15.3. The van der Waals surface area contributed by atoms with Crippen LogP contribution in [0.5, 0.6) is 11.5 Å². The number of hydrogen-bond acceptors (Lipinski definition) is 6. The molecule has 0 saturated heterocycles. The van der Waals surface area contributed by atoms with Gasteiger partial charge in [0.05, 0.1) is 19.1 Å². The second kappa shape index (κ2) is 10.3. The molecule has 0 saturated carbocycles. The van der Waals surface area contributed by atoms with Gasteiger partial charge in [0, 0.05) is 24.0 Å². The molecule has 0 aliphatic rings. The molecule has 7 nitrogen and oxygen atoms in total. The van der Waals surface area contributed by atoms with E-state index in [9.17, 15) is 9.59 Å². The Labute approximate surface area is 196 Å². The monoisotopic (exact) mass is 469 g/mol.